The molecule has 0 amide bonds. The maximum atomic E-state index is 12.4. The van der Waals surface area contributed by atoms with E-state index in [1.54, 1.807) is 18.2 Å². The molecule has 0 saturated carbocycles. The summed E-state index contributed by atoms with van der Waals surface area (Å²) in [6.45, 7) is 4.10. The van der Waals surface area contributed by atoms with Gasteiger partial charge in [0, 0.05) is 18.5 Å². The topological polar surface area (TPSA) is 50.5 Å². The molecule has 1 saturated heterocycles. The van der Waals surface area contributed by atoms with Crippen molar-refractivity contribution in [3.63, 3.8) is 0 Å². The van der Waals surface area contributed by atoms with Gasteiger partial charge in [0.15, 0.2) is 5.78 Å². The zero-order valence-electron chi connectivity index (χ0n) is 13.5. The van der Waals surface area contributed by atoms with Gasteiger partial charge in [0.05, 0.1) is 5.75 Å². The van der Waals surface area contributed by atoms with Crippen LogP contribution in [0, 0.1) is 5.92 Å². The number of para-hydroxylation sites is 1. The van der Waals surface area contributed by atoms with E-state index in [4.69, 9.17) is 16.6 Å². The minimum atomic E-state index is -0.586. The highest BCUT2D eigenvalue weighted by molar-refractivity contribution is 8.23. The lowest BCUT2D eigenvalue weighted by molar-refractivity contribution is 0.101. The molecule has 1 aromatic heterocycles. The Bertz CT molecular complexity index is 830. The summed E-state index contributed by atoms with van der Waals surface area (Å²) in [5.74, 6) is 0.541. The summed E-state index contributed by atoms with van der Waals surface area (Å²) in [4.78, 5) is 26.6. The number of rotatable bonds is 3. The van der Waals surface area contributed by atoms with Crippen molar-refractivity contribution >= 4 is 45.1 Å². The molecule has 4 nitrogen and oxygen atoms in total. The smallest absolute Gasteiger partial charge is 0.347 e. The first-order chi connectivity index (χ1) is 11.5. The van der Waals surface area contributed by atoms with Gasteiger partial charge in [-0.15, -0.1) is 0 Å². The Balaban J connectivity index is 1.68. The second kappa shape index (κ2) is 7.49. The van der Waals surface area contributed by atoms with Crippen LogP contribution in [-0.4, -0.2) is 33.8 Å². The van der Waals surface area contributed by atoms with Gasteiger partial charge in [-0.3, -0.25) is 4.79 Å². The lowest BCUT2D eigenvalue weighted by Crippen LogP contribution is -2.37. The van der Waals surface area contributed by atoms with E-state index >= 15 is 0 Å². The first-order valence-corrected chi connectivity index (χ1v) is 9.42. The Hall–Kier alpha value is -1.66. The van der Waals surface area contributed by atoms with Gasteiger partial charge in [-0.2, -0.15) is 0 Å². The molecule has 0 radical (unpaired) electrons. The zero-order valence-corrected chi connectivity index (χ0v) is 15.1. The van der Waals surface area contributed by atoms with E-state index in [1.165, 1.54) is 18.2 Å². The molecule has 1 atom stereocenters. The number of thioether (sulfide) groups is 1. The second-order valence-electron chi connectivity index (χ2n) is 6.16. The summed E-state index contributed by atoms with van der Waals surface area (Å²) in [6, 6.07) is 8.78. The van der Waals surface area contributed by atoms with E-state index in [2.05, 4.69) is 11.8 Å². The van der Waals surface area contributed by atoms with Crippen LogP contribution in [0.5, 0.6) is 0 Å². The Morgan fingerprint density at radius 2 is 2.21 bits per heavy atom. The molecule has 6 heteroatoms. The van der Waals surface area contributed by atoms with Gasteiger partial charge in [0.1, 0.15) is 15.5 Å². The minimum Gasteiger partial charge on any atom is -0.422 e. The van der Waals surface area contributed by atoms with Crippen LogP contribution in [0.3, 0.4) is 0 Å². The first kappa shape index (κ1) is 17.2. The largest absolute Gasteiger partial charge is 0.422 e. The number of fused-ring (bicyclic) bond motifs is 1. The fourth-order valence-corrected chi connectivity index (χ4v) is 4.01. The number of piperidine rings is 1. The second-order valence-corrected chi connectivity index (χ2v) is 7.77. The fraction of sp³-hybridized carbons (Fsp3) is 0.389. The molecule has 1 aliphatic heterocycles. The van der Waals surface area contributed by atoms with Crippen molar-refractivity contribution in [2.75, 3.05) is 18.8 Å². The number of carbonyl (C=O) groups excluding carboxylic acids is 1. The molecule has 3 rings (SSSR count). The Morgan fingerprint density at radius 1 is 1.42 bits per heavy atom. The maximum absolute atomic E-state index is 12.4. The predicted octanol–water partition coefficient (Wildman–Crippen LogP) is 3.73. The lowest BCUT2D eigenvalue weighted by atomic mass is 10.0. The van der Waals surface area contributed by atoms with Crippen molar-refractivity contribution < 1.29 is 9.21 Å². The van der Waals surface area contributed by atoms with Gasteiger partial charge in [0.2, 0.25) is 0 Å². The highest BCUT2D eigenvalue weighted by Crippen LogP contribution is 2.21. The van der Waals surface area contributed by atoms with Gasteiger partial charge >= 0.3 is 5.63 Å². The highest BCUT2D eigenvalue weighted by atomic mass is 32.2. The number of Topliss-reactive ketones (excluding diaryl/α,β-unsaturated/α-hetero) is 1. The number of nitrogens with zero attached hydrogens (tertiary/aromatic N) is 1. The summed E-state index contributed by atoms with van der Waals surface area (Å²) in [7, 11) is 0. The minimum absolute atomic E-state index is 0.0935. The molecule has 0 aliphatic carbocycles. The van der Waals surface area contributed by atoms with Gasteiger partial charge < -0.3 is 9.32 Å². The number of ketones is 1. The van der Waals surface area contributed by atoms with E-state index in [9.17, 15) is 9.59 Å². The van der Waals surface area contributed by atoms with Crippen LogP contribution in [0.2, 0.25) is 0 Å². The molecule has 1 fully saturated rings. The van der Waals surface area contributed by atoms with Crippen LogP contribution in [0.15, 0.2) is 39.5 Å². The monoisotopic (exact) mass is 361 g/mol. The molecule has 0 N–H and O–H groups in total. The first-order valence-electron chi connectivity index (χ1n) is 8.02. The Morgan fingerprint density at radius 3 is 3.00 bits per heavy atom. The van der Waals surface area contributed by atoms with Crippen molar-refractivity contribution in [3.8, 4) is 0 Å². The van der Waals surface area contributed by atoms with Gasteiger partial charge in [-0.05, 0) is 30.9 Å². The average Bonchev–Trinajstić information content (AvgIpc) is 2.58. The summed E-state index contributed by atoms with van der Waals surface area (Å²) in [6.07, 6.45) is 2.35. The van der Waals surface area contributed by atoms with Crippen molar-refractivity contribution in [3.05, 3.63) is 46.3 Å². The van der Waals surface area contributed by atoms with E-state index in [0.29, 0.717) is 11.5 Å². The lowest BCUT2D eigenvalue weighted by Gasteiger charge is -2.32. The highest BCUT2D eigenvalue weighted by Gasteiger charge is 2.20. The normalized spacial score (nSPS) is 17.9. The summed E-state index contributed by atoms with van der Waals surface area (Å²) < 4.78 is 5.96. The molecular formula is C18H19NO3S2. The van der Waals surface area contributed by atoms with Crippen molar-refractivity contribution in [1.82, 2.24) is 4.90 Å². The average molecular weight is 361 g/mol. The summed E-state index contributed by atoms with van der Waals surface area (Å²) in [5, 5.41) is 0.748. The van der Waals surface area contributed by atoms with Crippen LogP contribution >= 0.6 is 24.0 Å². The number of benzene rings is 1. The van der Waals surface area contributed by atoms with Crippen LogP contribution < -0.4 is 5.63 Å². The van der Waals surface area contributed by atoms with Gasteiger partial charge in [-0.25, -0.2) is 4.79 Å². The van der Waals surface area contributed by atoms with E-state index < -0.39 is 5.63 Å². The molecule has 2 heterocycles. The summed E-state index contributed by atoms with van der Waals surface area (Å²) >= 11 is 6.77. The number of hydrogen-bond acceptors (Lipinski definition) is 5. The molecule has 1 aliphatic rings. The van der Waals surface area contributed by atoms with Gasteiger partial charge in [0.25, 0.3) is 0 Å². The third kappa shape index (κ3) is 3.87. The van der Waals surface area contributed by atoms with Gasteiger partial charge in [-0.1, -0.05) is 49.1 Å². The van der Waals surface area contributed by atoms with Crippen molar-refractivity contribution in [1.29, 1.82) is 0 Å². The summed E-state index contributed by atoms with van der Waals surface area (Å²) in [5.41, 5.74) is -0.00245. The zero-order chi connectivity index (χ0) is 17.1. The Kier molecular flexibility index (Phi) is 5.36. The molecular weight excluding hydrogens is 342 g/mol. The van der Waals surface area contributed by atoms with Crippen molar-refractivity contribution in [2.24, 2.45) is 5.92 Å². The fourth-order valence-electron chi connectivity index (χ4n) is 2.91. The standard InChI is InChI=1S/C18H19NO3S2/c1-12-5-4-8-19(10-12)18(23)24-11-15(20)14-9-13-6-2-3-7-16(13)22-17(14)21/h2-3,6-7,9,12H,4-5,8,10-11H2,1H3. The SMILES string of the molecule is CC1CCCN(C(=S)SCC(=O)c2cc3ccccc3oc2=O)C1. The molecule has 24 heavy (non-hydrogen) atoms. The quantitative estimate of drug-likeness (QED) is 0.472. The predicted molar refractivity (Wildman–Crippen MR) is 102 cm³/mol. The van der Waals surface area contributed by atoms with E-state index in [0.717, 1.165) is 29.2 Å². The Labute approximate surface area is 150 Å². The molecule has 1 aromatic carbocycles. The number of likely N-dealkylation sites (tertiary alicyclic amines) is 1. The maximum Gasteiger partial charge on any atom is 0.347 e. The molecule has 2 aromatic rings. The third-order valence-corrected chi connectivity index (χ3v) is 5.71. The molecule has 1 unspecified atom stereocenters. The number of carbonyl (C=O) groups is 1. The van der Waals surface area contributed by atoms with Crippen LogP contribution in [0.1, 0.15) is 30.1 Å². The van der Waals surface area contributed by atoms with Crippen LogP contribution in [0.4, 0.5) is 0 Å². The van der Waals surface area contributed by atoms with Crippen LogP contribution in [0.25, 0.3) is 11.0 Å². The van der Waals surface area contributed by atoms with E-state index in [-0.39, 0.29) is 17.1 Å². The van der Waals surface area contributed by atoms with Crippen molar-refractivity contribution in [2.45, 2.75) is 19.8 Å². The number of hydrogen-bond donors (Lipinski definition) is 0. The van der Waals surface area contributed by atoms with Crippen LogP contribution in [-0.2, 0) is 0 Å². The van der Waals surface area contributed by atoms with E-state index in [1.807, 2.05) is 12.1 Å². The molecule has 0 spiro atoms. The molecule has 126 valence electrons. The third-order valence-electron chi connectivity index (χ3n) is 4.18. The molecule has 0 bridgehead atoms. The number of thiocarbonyl (C=S) groups is 1.